The number of nitrogens with zero attached hydrogens (tertiary/aromatic N) is 16. The molecule has 11 N–H and O–H groups in total. The summed E-state index contributed by atoms with van der Waals surface area (Å²) < 4.78 is 7.71. The van der Waals surface area contributed by atoms with Crippen molar-refractivity contribution in [3.05, 3.63) is 304 Å². The van der Waals surface area contributed by atoms with E-state index in [0.29, 0.717) is 26.9 Å². The first kappa shape index (κ1) is 75.5. The number of rotatable bonds is 11. The molecule has 28 heteroatoms. The van der Waals surface area contributed by atoms with Gasteiger partial charge < -0.3 is 38.7 Å². The average molecular weight is 1520 g/mol. The van der Waals surface area contributed by atoms with Crippen molar-refractivity contribution in [3.8, 4) is 58.0 Å². The highest BCUT2D eigenvalue weighted by atomic mass is 35.5. The minimum Gasteiger partial charge on any atom is -0.477 e. The number of aryl methyl sites for hydroxylation is 2. The van der Waals surface area contributed by atoms with Crippen LogP contribution in [0.25, 0.3) is 83.4 Å². The molecule has 2 amide bonds. The molecule has 0 saturated heterocycles. The summed E-state index contributed by atoms with van der Waals surface area (Å²) in [5.41, 5.74) is 38.0. The van der Waals surface area contributed by atoms with Crippen LogP contribution in [0.15, 0.2) is 244 Å². The minimum absolute atomic E-state index is 0.0220. The number of carboxylic acids is 1. The minimum atomic E-state index is -1.12. The van der Waals surface area contributed by atoms with Gasteiger partial charge >= 0.3 is 5.97 Å². The Hall–Kier alpha value is -14.7. The van der Waals surface area contributed by atoms with Crippen molar-refractivity contribution in [1.29, 1.82) is 0 Å². The lowest BCUT2D eigenvalue weighted by Gasteiger charge is -2.19. The van der Waals surface area contributed by atoms with Crippen molar-refractivity contribution in [2.75, 3.05) is 17.2 Å². The Kier molecular flexibility index (Phi) is 22.7. The number of nitrogens with two attached hydrogens (primary N) is 4. The molecule has 3 atom stereocenters. The van der Waals surface area contributed by atoms with Crippen molar-refractivity contribution in [3.63, 3.8) is 0 Å². The second kappa shape index (κ2) is 33.6. The number of carbonyl (C=O) groups is 3. The third kappa shape index (κ3) is 16.7. The first-order valence-corrected chi connectivity index (χ1v) is 35.6. The third-order valence-corrected chi connectivity index (χ3v) is 18.3. The molecule has 0 aliphatic heterocycles. The molecule has 26 nitrogen and oxygen atoms in total. The Labute approximate surface area is 650 Å². The van der Waals surface area contributed by atoms with E-state index in [9.17, 15) is 14.4 Å². The van der Waals surface area contributed by atoms with Crippen LogP contribution in [0, 0.1) is 24.2 Å². The van der Waals surface area contributed by atoms with Gasteiger partial charge in [-0.3, -0.25) is 19.0 Å². The molecule has 0 radical (unpaired) electrons. The van der Waals surface area contributed by atoms with Gasteiger partial charge in [-0.25, -0.2) is 48.2 Å². The molecular formula is C84H70Cl2N22O4. The number of terminal acetylenes is 1. The largest absolute Gasteiger partial charge is 0.477 e. The Bertz CT molecular complexity index is 6460. The van der Waals surface area contributed by atoms with E-state index in [4.69, 9.17) is 72.6 Å². The van der Waals surface area contributed by atoms with Gasteiger partial charge in [0.2, 0.25) is 0 Å². The number of nitrogen functional groups attached to an aromatic ring is 3. The SMILES string of the molecule is C#Cc1cnn(C)c1.CC(N)c1cc2cccc(Cl)c2nc1-c1ccccc1.CC(NC(=O)c1c(N)nn2cccnc12)c1cc2cccc(Cl)c2nc1-c1ccccc1.C[C@H](NC(=O)c1c(N)nn2cccnc12)c1cc2cccc(C#Cc3cnn(C)c3)c2nc1-c1ccccc1.Nc1nn2cccnc2c1C(=O)O. The molecule has 2 unspecified atom stereocenters. The van der Waals surface area contributed by atoms with Crippen LogP contribution in [0.1, 0.15) is 103 Å². The van der Waals surface area contributed by atoms with E-state index < -0.39 is 12.0 Å². The summed E-state index contributed by atoms with van der Waals surface area (Å²) in [4.78, 5) is 64.4. The number of nitrogens with one attached hydrogen (secondary N) is 2. The number of para-hydroxylation sites is 3. The van der Waals surface area contributed by atoms with Gasteiger partial charge in [0.05, 0.1) is 84.8 Å². The normalized spacial score (nSPS) is 11.6. The number of hydrogen-bond acceptors (Lipinski definition) is 18. The number of hydrogen-bond donors (Lipinski definition) is 7. The molecule has 11 heterocycles. The molecule has 112 heavy (non-hydrogen) atoms. The summed E-state index contributed by atoms with van der Waals surface area (Å²) >= 11 is 12.7. The van der Waals surface area contributed by atoms with E-state index in [1.165, 1.54) is 19.7 Å². The number of benzene rings is 6. The van der Waals surface area contributed by atoms with Crippen LogP contribution in [-0.2, 0) is 14.1 Å². The monoisotopic (exact) mass is 1520 g/mol. The van der Waals surface area contributed by atoms with Crippen LogP contribution in [0.3, 0.4) is 0 Å². The van der Waals surface area contributed by atoms with Gasteiger partial charge in [0.25, 0.3) is 11.8 Å². The van der Waals surface area contributed by atoms with Crippen molar-refractivity contribution in [2.24, 2.45) is 19.8 Å². The number of halogens is 2. The zero-order valence-electron chi connectivity index (χ0n) is 60.8. The van der Waals surface area contributed by atoms with E-state index in [2.05, 4.69) is 81.0 Å². The van der Waals surface area contributed by atoms with Crippen LogP contribution in [0.4, 0.5) is 17.5 Å². The van der Waals surface area contributed by atoms with E-state index in [1.807, 2.05) is 193 Å². The standard InChI is InChI=1S/C30H24N8O.C24H19ClN6O.C17H15ClN2.C7H6N4O2.C6H6N2/c1-19(34-30(39)25-28(31)36-38-15-7-14-32-29(25)38)24-16-23-11-6-10-22(13-12-20-17-33-37(2)18-20)26(23)35-27(24)21-8-4-3-5-9-21;1-14(28-24(32)19-22(26)30-31-12-6-11-27-23(19)31)17-13-16-9-5-10-18(25)21(16)29-20(17)15-7-3-2-4-8-15;1-11(19)14-10-13-8-5-9-15(18)17(13)20-16(14)12-6-3-2-4-7-12;8-5-4(7(12)13)6-9-2-1-3-11(6)10-5;1-3-6-4-7-8(2)5-6/h3-11,14-19H,1-2H3,(H2,31,36)(H,34,39);2-14H,1H3,(H2,26,30)(H,28,32);2-11H,19H2,1H3;1-3H,(H2,8,10)(H,12,13);1,4-5H,2H3/t19-;;;;/m0..../s1. The number of fused-ring (bicyclic) bond motifs is 6. The Morgan fingerprint density at radius 2 is 0.848 bits per heavy atom. The Morgan fingerprint density at radius 3 is 1.24 bits per heavy atom. The van der Waals surface area contributed by atoms with Crippen molar-refractivity contribution in [2.45, 2.75) is 38.9 Å². The molecule has 11 aromatic heterocycles. The van der Waals surface area contributed by atoms with Gasteiger partial charge in [0, 0.05) is 114 Å². The summed E-state index contributed by atoms with van der Waals surface area (Å²) in [5, 5.41) is 39.2. The molecule has 0 aliphatic rings. The number of amides is 2. The summed E-state index contributed by atoms with van der Waals surface area (Å²) in [6.07, 6.45) is 21.8. The Balaban J connectivity index is 0.000000134. The van der Waals surface area contributed by atoms with Crippen molar-refractivity contribution >= 4 is 108 Å². The quantitative estimate of drug-likeness (QED) is 0.0591. The predicted octanol–water partition coefficient (Wildman–Crippen LogP) is 13.8. The van der Waals surface area contributed by atoms with E-state index in [-0.39, 0.29) is 63.7 Å². The molecule has 0 aliphatic carbocycles. The maximum Gasteiger partial charge on any atom is 0.343 e. The number of aromatic nitrogens is 16. The Morgan fingerprint density at radius 1 is 0.473 bits per heavy atom. The maximum atomic E-state index is 13.4. The third-order valence-electron chi connectivity index (χ3n) is 17.6. The van der Waals surface area contributed by atoms with Crippen LogP contribution in [-0.4, -0.2) is 101 Å². The van der Waals surface area contributed by atoms with Gasteiger partial charge in [-0.2, -0.15) is 10.2 Å². The van der Waals surface area contributed by atoms with Crippen LogP contribution in [0.2, 0.25) is 10.0 Å². The molecule has 0 bridgehead atoms. The van der Waals surface area contributed by atoms with Gasteiger partial charge in [0.1, 0.15) is 16.7 Å². The number of anilines is 3. The lowest BCUT2D eigenvalue weighted by atomic mass is 9.97. The topological polar surface area (TPSA) is 364 Å². The summed E-state index contributed by atoms with van der Waals surface area (Å²) in [6.45, 7) is 5.81. The number of aromatic carboxylic acids is 1. The smallest absolute Gasteiger partial charge is 0.343 e. The second-order valence-electron chi connectivity index (χ2n) is 25.5. The molecule has 0 spiro atoms. The maximum absolute atomic E-state index is 13.4. The zero-order valence-corrected chi connectivity index (χ0v) is 62.3. The molecule has 6 aromatic carbocycles. The summed E-state index contributed by atoms with van der Waals surface area (Å²) in [5.74, 6) is 7.29. The molecule has 17 rings (SSSR count). The molecule has 0 fully saturated rings. The molecular weight excluding hydrogens is 1450 g/mol. The number of carboxylic acid groups (broad SMARTS) is 1. The lowest BCUT2D eigenvalue weighted by Crippen LogP contribution is -2.28. The predicted molar refractivity (Wildman–Crippen MR) is 435 cm³/mol. The highest BCUT2D eigenvalue weighted by Gasteiger charge is 2.27. The summed E-state index contributed by atoms with van der Waals surface area (Å²) in [6, 6.07) is 57.5. The van der Waals surface area contributed by atoms with Crippen LogP contribution >= 0.6 is 23.2 Å². The van der Waals surface area contributed by atoms with E-state index in [0.717, 1.165) is 94.3 Å². The summed E-state index contributed by atoms with van der Waals surface area (Å²) in [7, 11) is 3.69. The molecule has 0 saturated carbocycles. The van der Waals surface area contributed by atoms with Gasteiger partial charge in [-0.1, -0.05) is 168 Å². The van der Waals surface area contributed by atoms with Gasteiger partial charge in [0.15, 0.2) is 34.4 Å². The fourth-order valence-corrected chi connectivity index (χ4v) is 12.8. The number of pyridine rings is 3. The average Bonchev–Trinajstić information content (AvgIpc) is 1.11. The fraction of sp³-hybridized carbons (Fsp3) is 0.0952. The van der Waals surface area contributed by atoms with Crippen molar-refractivity contribution in [1.82, 2.24) is 88.9 Å². The highest BCUT2D eigenvalue weighted by molar-refractivity contribution is 6.35. The van der Waals surface area contributed by atoms with E-state index >= 15 is 0 Å². The molecule has 17 aromatic rings. The van der Waals surface area contributed by atoms with Crippen LogP contribution < -0.4 is 33.6 Å². The first-order chi connectivity index (χ1) is 54.2. The zero-order chi connectivity index (χ0) is 78.7. The molecule has 554 valence electrons. The van der Waals surface area contributed by atoms with Crippen LogP contribution in [0.5, 0.6) is 0 Å². The van der Waals surface area contributed by atoms with Crippen molar-refractivity contribution < 1.29 is 19.5 Å². The fourth-order valence-electron chi connectivity index (χ4n) is 12.3. The van der Waals surface area contributed by atoms with Gasteiger partial charge in [-0.15, -0.1) is 21.7 Å². The van der Waals surface area contributed by atoms with Gasteiger partial charge in [-0.05, 0) is 80.9 Å². The second-order valence-corrected chi connectivity index (χ2v) is 26.3. The van der Waals surface area contributed by atoms with E-state index in [1.54, 1.807) is 77.1 Å². The first-order valence-electron chi connectivity index (χ1n) is 34.8. The number of carbonyl (C=O) groups excluding carboxylic acids is 2. The lowest BCUT2D eigenvalue weighted by molar-refractivity contribution is 0.0699. The highest BCUT2D eigenvalue weighted by Crippen LogP contribution is 2.36.